The molecule has 1 amide bonds. The smallest absolute Gasteiger partial charge is 0.237 e. The molecule has 0 aliphatic carbocycles. The Bertz CT molecular complexity index is 355. The molecule has 0 saturated heterocycles. The summed E-state index contributed by atoms with van der Waals surface area (Å²) in [7, 11) is 0. The van der Waals surface area contributed by atoms with E-state index in [9.17, 15) is 4.79 Å². The molecule has 5 heteroatoms. The van der Waals surface area contributed by atoms with Gasteiger partial charge < -0.3 is 5.32 Å². The van der Waals surface area contributed by atoms with E-state index < -0.39 is 0 Å². The summed E-state index contributed by atoms with van der Waals surface area (Å²) in [5, 5.41) is 2.97. The summed E-state index contributed by atoms with van der Waals surface area (Å²) in [5.74, 6) is -0.141. The third-order valence-electron chi connectivity index (χ3n) is 1.61. The number of aryl methyl sites for hydroxylation is 1. The first-order valence-corrected chi connectivity index (χ1v) is 5.38. The first-order chi connectivity index (χ1) is 6.50. The SMILES string of the molecule is Cc1ccc(NC(=O)C(C)Br)c(Cl)n1. The van der Waals surface area contributed by atoms with Crippen LogP contribution in [0.5, 0.6) is 0 Å². The van der Waals surface area contributed by atoms with Gasteiger partial charge in [0.15, 0.2) is 5.15 Å². The molecule has 1 aromatic heterocycles. The van der Waals surface area contributed by atoms with Crippen molar-refractivity contribution in [2.24, 2.45) is 0 Å². The van der Waals surface area contributed by atoms with Crippen molar-refractivity contribution in [3.63, 3.8) is 0 Å². The van der Waals surface area contributed by atoms with Gasteiger partial charge in [0.1, 0.15) is 0 Å². The number of anilines is 1. The van der Waals surface area contributed by atoms with Gasteiger partial charge in [-0.05, 0) is 26.0 Å². The first-order valence-electron chi connectivity index (χ1n) is 4.09. The molecule has 0 radical (unpaired) electrons. The maximum Gasteiger partial charge on any atom is 0.237 e. The van der Waals surface area contributed by atoms with E-state index in [0.29, 0.717) is 10.8 Å². The molecule has 1 unspecified atom stereocenters. The van der Waals surface area contributed by atoms with E-state index in [1.165, 1.54) is 0 Å². The van der Waals surface area contributed by atoms with Gasteiger partial charge in [-0.1, -0.05) is 27.5 Å². The van der Waals surface area contributed by atoms with Gasteiger partial charge in [-0.25, -0.2) is 4.98 Å². The molecular formula is C9H10BrClN2O. The molecule has 0 fully saturated rings. The second-order valence-electron chi connectivity index (χ2n) is 2.90. The van der Waals surface area contributed by atoms with Crippen LogP contribution in [-0.4, -0.2) is 15.7 Å². The normalized spacial score (nSPS) is 12.3. The van der Waals surface area contributed by atoms with E-state index >= 15 is 0 Å². The Morgan fingerprint density at radius 2 is 2.29 bits per heavy atom. The lowest BCUT2D eigenvalue weighted by Crippen LogP contribution is -2.20. The van der Waals surface area contributed by atoms with Crippen molar-refractivity contribution in [2.45, 2.75) is 18.7 Å². The summed E-state index contributed by atoms with van der Waals surface area (Å²) in [6.45, 7) is 3.58. The average molecular weight is 278 g/mol. The van der Waals surface area contributed by atoms with Gasteiger partial charge in [-0.2, -0.15) is 0 Å². The summed E-state index contributed by atoms with van der Waals surface area (Å²) in [5.41, 5.74) is 1.36. The molecule has 1 N–H and O–H groups in total. The van der Waals surface area contributed by atoms with Crippen molar-refractivity contribution in [3.8, 4) is 0 Å². The summed E-state index contributed by atoms with van der Waals surface area (Å²) in [4.78, 5) is 15.1. The van der Waals surface area contributed by atoms with Crippen LogP contribution in [0.3, 0.4) is 0 Å². The molecule has 1 aromatic rings. The number of amides is 1. The van der Waals surface area contributed by atoms with Crippen molar-refractivity contribution >= 4 is 39.1 Å². The number of hydrogen-bond donors (Lipinski definition) is 1. The number of hydrogen-bond acceptors (Lipinski definition) is 2. The minimum Gasteiger partial charge on any atom is -0.322 e. The molecule has 1 heterocycles. The van der Waals surface area contributed by atoms with Crippen LogP contribution in [0.1, 0.15) is 12.6 Å². The third-order valence-corrected chi connectivity index (χ3v) is 2.31. The zero-order valence-corrected chi connectivity index (χ0v) is 10.2. The first kappa shape index (κ1) is 11.5. The second-order valence-corrected chi connectivity index (χ2v) is 4.63. The van der Waals surface area contributed by atoms with Crippen LogP contribution in [0.25, 0.3) is 0 Å². The fourth-order valence-corrected chi connectivity index (χ4v) is 1.21. The van der Waals surface area contributed by atoms with Gasteiger partial charge in [0.25, 0.3) is 0 Å². The van der Waals surface area contributed by atoms with Crippen LogP contribution in [0.2, 0.25) is 5.15 Å². The summed E-state index contributed by atoms with van der Waals surface area (Å²) in [6.07, 6.45) is 0. The highest BCUT2D eigenvalue weighted by molar-refractivity contribution is 9.10. The maximum absolute atomic E-state index is 11.3. The Balaban J connectivity index is 2.82. The lowest BCUT2D eigenvalue weighted by atomic mass is 10.3. The molecule has 0 aliphatic rings. The van der Waals surface area contributed by atoms with E-state index in [1.807, 2.05) is 6.92 Å². The van der Waals surface area contributed by atoms with E-state index in [-0.39, 0.29) is 10.7 Å². The molecule has 1 atom stereocenters. The lowest BCUT2D eigenvalue weighted by Gasteiger charge is -2.07. The van der Waals surface area contributed by atoms with Crippen molar-refractivity contribution in [1.82, 2.24) is 4.98 Å². The highest BCUT2D eigenvalue weighted by Crippen LogP contribution is 2.19. The lowest BCUT2D eigenvalue weighted by molar-refractivity contribution is -0.115. The Kier molecular flexibility index (Phi) is 3.89. The van der Waals surface area contributed by atoms with Gasteiger partial charge in [0.2, 0.25) is 5.91 Å². The number of pyridine rings is 1. The largest absolute Gasteiger partial charge is 0.322 e. The van der Waals surface area contributed by atoms with Gasteiger partial charge in [-0.3, -0.25) is 4.79 Å². The van der Waals surface area contributed by atoms with Gasteiger partial charge >= 0.3 is 0 Å². The molecule has 0 aliphatic heterocycles. The van der Waals surface area contributed by atoms with Crippen molar-refractivity contribution in [2.75, 3.05) is 5.32 Å². The molecule has 3 nitrogen and oxygen atoms in total. The van der Waals surface area contributed by atoms with Crippen molar-refractivity contribution < 1.29 is 4.79 Å². The second kappa shape index (κ2) is 4.75. The summed E-state index contributed by atoms with van der Waals surface area (Å²) < 4.78 is 0. The summed E-state index contributed by atoms with van der Waals surface area (Å²) in [6, 6.07) is 3.53. The fourth-order valence-electron chi connectivity index (χ4n) is 0.850. The number of aromatic nitrogens is 1. The molecule has 0 saturated carbocycles. The van der Waals surface area contributed by atoms with Gasteiger partial charge in [-0.15, -0.1) is 0 Å². The summed E-state index contributed by atoms with van der Waals surface area (Å²) >= 11 is 9.00. The highest BCUT2D eigenvalue weighted by atomic mass is 79.9. The molecule has 76 valence electrons. The van der Waals surface area contributed by atoms with E-state index in [4.69, 9.17) is 11.6 Å². The number of halogens is 2. The minimum absolute atomic E-state index is 0.141. The third kappa shape index (κ3) is 2.96. The average Bonchev–Trinajstić information content (AvgIpc) is 2.09. The van der Waals surface area contributed by atoms with Crippen molar-refractivity contribution in [3.05, 3.63) is 23.0 Å². The Labute approximate surface area is 96.0 Å². The zero-order valence-electron chi connectivity index (χ0n) is 7.84. The number of alkyl halides is 1. The fraction of sp³-hybridized carbons (Fsp3) is 0.333. The number of rotatable bonds is 2. The Morgan fingerprint density at radius 3 is 2.79 bits per heavy atom. The van der Waals surface area contributed by atoms with Crippen LogP contribution < -0.4 is 5.32 Å². The highest BCUT2D eigenvalue weighted by Gasteiger charge is 2.10. The standard InChI is InChI=1S/C9H10BrClN2O/c1-5-3-4-7(8(11)12-5)13-9(14)6(2)10/h3-4,6H,1-2H3,(H,13,14). The maximum atomic E-state index is 11.3. The molecule has 1 rings (SSSR count). The van der Waals surface area contributed by atoms with Gasteiger partial charge in [0.05, 0.1) is 10.5 Å². The van der Waals surface area contributed by atoms with E-state index in [2.05, 4.69) is 26.2 Å². The zero-order chi connectivity index (χ0) is 10.7. The topological polar surface area (TPSA) is 42.0 Å². The van der Waals surface area contributed by atoms with Gasteiger partial charge in [0, 0.05) is 5.69 Å². The quantitative estimate of drug-likeness (QED) is 0.667. The van der Waals surface area contributed by atoms with E-state index in [0.717, 1.165) is 5.69 Å². The number of carbonyl (C=O) groups is 1. The van der Waals surface area contributed by atoms with Crippen LogP contribution in [0.15, 0.2) is 12.1 Å². The Hall–Kier alpha value is -0.610. The van der Waals surface area contributed by atoms with E-state index in [1.54, 1.807) is 19.1 Å². The Morgan fingerprint density at radius 1 is 1.64 bits per heavy atom. The van der Waals surface area contributed by atoms with Crippen LogP contribution in [0.4, 0.5) is 5.69 Å². The van der Waals surface area contributed by atoms with Crippen LogP contribution in [-0.2, 0) is 4.79 Å². The van der Waals surface area contributed by atoms with Crippen LogP contribution in [0, 0.1) is 6.92 Å². The monoisotopic (exact) mass is 276 g/mol. The molecule has 0 aromatic carbocycles. The number of nitrogens with one attached hydrogen (secondary N) is 1. The molecular weight excluding hydrogens is 267 g/mol. The molecule has 0 bridgehead atoms. The molecule has 14 heavy (non-hydrogen) atoms. The number of nitrogens with zero attached hydrogens (tertiary/aromatic N) is 1. The number of carbonyl (C=O) groups excluding carboxylic acids is 1. The van der Waals surface area contributed by atoms with Crippen molar-refractivity contribution in [1.29, 1.82) is 0 Å². The predicted octanol–water partition coefficient (Wildman–Crippen LogP) is 2.77. The molecule has 0 spiro atoms. The minimum atomic E-state index is -0.250. The predicted molar refractivity (Wildman–Crippen MR) is 61.0 cm³/mol. The van der Waals surface area contributed by atoms with Crippen LogP contribution >= 0.6 is 27.5 Å².